The van der Waals surface area contributed by atoms with Gasteiger partial charge in [-0.25, -0.2) is 0 Å². The Hall–Kier alpha value is -1.84. The summed E-state index contributed by atoms with van der Waals surface area (Å²) in [4.78, 5) is 12.6. The van der Waals surface area contributed by atoms with Crippen molar-refractivity contribution < 1.29 is 19.0 Å². The second-order valence-corrected chi connectivity index (χ2v) is 6.42. The van der Waals surface area contributed by atoms with Gasteiger partial charge in [-0.3, -0.25) is 4.79 Å². The number of allylic oxidation sites excluding steroid dienone is 1. The highest BCUT2D eigenvalue weighted by Crippen LogP contribution is 2.36. The highest BCUT2D eigenvalue weighted by atomic mass is 79.9. The van der Waals surface area contributed by atoms with Gasteiger partial charge in [-0.1, -0.05) is 12.1 Å². The molecule has 6 heteroatoms. The number of benzene rings is 1. The maximum atomic E-state index is 12.6. The van der Waals surface area contributed by atoms with Crippen molar-refractivity contribution in [3.05, 3.63) is 40.8 Å². The molecule has 0 spiro atoms. The summed E-state index contributed by atoms with van der Waals surface area (Å²) in [6, 6.07) is 9.33. The number of Topliss-reactive ketones (excluding diaryl/α,β-unsaturated/α-hetero) is 1. The Morgan fingerprint density at radius 2 is 2.17 bits per heavy atom. The van der Waals surface area contributed by atoms with Gasteiger partial charge in [0.05, 0.1) is 22.6 Å². The topological polar surface area (TPSA) is 68.5 Å². The molecule has 0 bridgehead atoms. The highest BCUT2D eigenvalue weighted by Gasteiger charge is 2.41. The van der Waals surface area contributed by atoms with Gasteiger partial charge < -0.3 is 14.2 Å². The van der Waals surface area contributed by atoms with Crippen LogP contribution in [-0.4, -0.2) is 24.6 Å². The van der Waals surface area contributed by atoms with Crippen LogP contribution in [-0.2, 0) is 14.3 Å². The molecule has 1 aromatic rings. The smallest absolute Gasteiger partial charge is 0.208 e. The van der Waals surface area contributed by atoms with Crippen LogP contribution in [0.2, 0.25) is 0 Å². The number of para-hydroxylation sites is 1. The predicted octanol–water partition coefficient (Wildman–Crippen LogP) is 3.35. The highest BCUT2D eigenvalue weighted by molar-refractivity contribution is 9.10. The number of fused-ring (bicyclic) bond motifs is 1. The maximum Gasteiger partial charge on any atom is 0.208 e. The van der Waals surface area contributed by atoms with Crippen molar-refractivity contribution in [3.8, 4) is 11.8 Å². The van der Waals surface area contributed by atoms with Crippen LogP contribution in [0.15, 0.2) is 40.8 Å². The first kappa shape index (κ1) is 16.0. The summed E-state index contributed by atoms with van der Waals surface area (Å²) in [6.07, 6.45) is 3.22. The average molecular weight is 378 g/mol. The van der Waals surface area contributed by atoms with Crippen LogP contribution in [0, 0.1) is 17.2 Å². The molecule has 3 unspecified atom stereocenters. The Morgan fingerprint density at radius 3 is 2.96 bits per heavy atom. The second kappa shape index (κ2) is 7.16. The number of carbonyl (C=O) groups is 1. The zero-order valence-corrected chi connectivity index (χ0v) is 14.0. The molecule has 23 heavy (non-hydrogen) atoms. The van der Waals surface area contributed by atoms with Gasteiger partial charge in [0.2, 0.25) is 11.5 Å². The number of nitriles is 1. The fraction of sp³-hybridized carbons (Fsp3) is 0.412. The minimum Gasteiger partial charge on any atom is -0.493 e. The summed E-state index contributed by atoms with van der Waals surface area (Å²) in [6.45, 7) is 0.0717. The Kier molecular flexibility index (Phi) is 4.99. The van der Waals surface area contributed by atoms with Crippen LogP contribution in [0.5, 0.6) is 5.75 Å². The third-order valence-corrected chi connectivity index (χ3v) is 4.77. The number of halogens is 1. The summed E-state index contributed by atoms with van der Waals surface area (Å²) in [5.74, 6) is 0.574. The molecule has 5 nitrogen and oxygen atoms in total. The van der Waals surface area contributed by atoms with Crippen LogP contribution in [0.4, 0.5) is 0 Å². The van der Waals surface area contributed by atoms with E-state index in [0.29, 0.717) is 18.6 Å². The van der Waals surface area contributed by atoms with Crippen molar-refractivity contribution in [2.24, 2.45) is 5.92 Å². The summed E-state index contributed by atoms with van der Waals surface area (Å²) >= 11 is 3.40. The van der Waals surface area contributed by atoms with Gasteiger partial charge in [0.15, 0.2) is 0 Å². The normalized spacial score (nSPS) is 26.5. The Morgan fingerprint density at radius 1 is 1.35 bits per heavy atom. The first-order chi connectivity index (χ1) is 11.2. The molecule has 3 rings (SSSR count). The van der Waals surface area contributed by atoms with E-state index in [9.17, 15) is 4.79 Å². The molecule has 120 valence electrons. The molecule has 1 fully saturated rings. The molecule has 0 saturated heterocycles. The van der Waals surface area contributed by atoms with Gasteiger partial charge >= 0.3 is 0 Å². The third kappa shape index (κ3) is 3.57. The van der Waals surface area contributed by atoms with Gasteiger partial charge in [0.1, 0.15) is 24.7 Å². The lowest BCUT2D eigenvalue weighted by atomic mass is 9.80. The molecule has 0 radical (unpaired) electrons. The van der Waals surface area contributed by atoms with Crippen molar-refractivity contribution in [1.82, 2.24) is 0 Å². The van der Waals surface area contributed by atoms with E-state index in [1.165, 1.54) is 6.26 Å². The van der Waals surface area contributed by atoms with Crippen LogP contribution in [0.25, 0.3) is 0 Å². The van der Waals surface area contributed by atoms with Crippen molar-refractivity contribution in [1.29, 1.82) is 5.26 Å². The van der Waals surface area contributed by atoms with E-state index in [0.717, 1.165) is 10.9 Å². The number of nitrogens with zero attached hydrogens (tertiary/aromatic N) is 1. The molecule has 1 heterocycles. The maximum absolute atomic E-state index is 12.6. The van der Waals surface area contributed by atoms with Crippen molar-refractivity contribution in [2.75, 3.05) is 6.61 Å². The fourth-order valence-electron chi connectivity index (χ4n) is 2.96. The number of hydrogen-bond acceptors (Lipinski definition) is 5. The zero-order valence-electron chi connectivity index (χ0n) is 12.4. The summed E-state index contributed by atoms with van der Waals surface area (Å²) < 4.78 is 17.6. The minimum atomic E-state index is -0.209. The van der Waals surface area contributed by atoms with E-state index in [2.05, 4.69) is 15.9 Å². The third-order valence-electron chi connectivity index (χ3n) is 4.11. The van der Waals surface area contributed by atoms with Gasteiger partial charge in [0.25, 0.3) is 0 Å². The van der Waals surface area contributed by atoms with Gasteiger partial charge in [0, 0.05) is 6.42 Å². The first-order valence-corrected chi connectivity index (χ1v) is 8.29. The van der Waals surface area contributed by atoms with E-state index in [1.54, 1.807) is 6.07 Å². The minimum absolute atomic E-state index is 0.0252. The molecule has 0 N–H and O–H groups in total. The SMILES string of the molecule is N#CCOC1CCC2C(=O)C(Oc3ccccc3Br)=COC2C1. The number of ether oxygens (including phenoxy) is 3. The first-order valence-electron chi connectivity index (χ1n) is 7.50. The summed E-state index contributed by atoms with van der Waals surface area (Å²) in [5, 5.41) is 8.58. The molecule has 0 aromatic heterocycles. The predicted molar refractivity (Wildman–Crippen MR) is 85.4 cm³/mol. The Bertz CT molecular complexity index is 667. The molecule has 0 amide bonds. The standard InChI is InChI=1S/C17H16BrNO4/c18-13-3-1-2-4-14(13)23-16-10-22-15-9-11(21-8-7-19)5-6-12(15)17(16)20/h1-4,10-12,15H,5-6,8-9H2. The lowest BCUT2D eigenvalue weighted by molar-refractivity contribution is -0.133. The van der Waals surface area contributed by atoms with Crippen molar-refractivity contribution in [3.63, 3.8) is 0 Å². The van der Waals surface area contributed by atoms with Gasteiger partial charge in [-0.15, -0.1) is 0 Å². The number of hydrogen-bond donors (Lipinski definition) is 0. The molecule has 3 atom stereocenters. The largest absolute Gasteiger partial charge is 0.493 e. The Balaban J connectivity index is 1.68. The van der Waals surface area contributed by atoms with Crippen LogP contribution < -0.4 is 4.74 Å². The van der Waals surface area contributed by atoms with E-state index in [-0.39, 0.29) is 36.3 Å². The monoisotopic (exact) mass is 377 g/mol. The molecule has 2 aliphatic rings. The van der Waals surface area contributed by atoms with E-state index in [1.807, 2.05) is 24.3 Å². The molecule has 1 aromatic carbocycles. The Labute approximate surface area is 143 Å². The molecular formula is C17H16BrNO4. The number of rotatable bonds is 4. The summed E-state index contributed by atoms with van der Waals surface area (Å²) in [5.41, 5.74) is 0. The number of ketones is 1. The molecular weight excluding hydrogens is 362 g/mol. The van der Waals surface area contributed by atoms with Gasteiger partial charge in [-0.2, -0.15) is 5.26 Å². The second-order valence-electron chi connectivity index (χ2n) is 5.56. The average Bonchev–Trinajstić information content (AvgIpc) is 2.57. The van der Waals surface area contributed by atoms with Crippen LogP contribution in [0.1, 0.15) is 19.3 Å². The van der Waals surface area contributed by atoms with E-state index in [4.69, 9.17) is 19.5 Å². The van der Waals surface area contributed by atoms with Crippen molar-refractivity contribution >= 4 is 21.7 Å². The fourth-order valence-corrected chi connectivity index (χ4v) is 3.33. The van der Waals surface area contributed by atoms with Gasteiger partial charge in [-0.05, 0) is 40.9 Å². The number of carbonyl (C=O) groups excluding carboxylic acids is 1. The molecule has 1 aliphatic carbocycles. The van der Waals surface area contributed by atoms with Crippen LogP contribution >= 0.6 is 15.9 Å². The molecule has 1 aliphatic heterocycles. The lowest BCUT2D eigenvalue weighted by Gasteiger charge is -2.36. The lowest BCUT2D eigenvalue weighted by Crippen LogP contribution is -2.42. The molecule has 1 saturated carbocycles. The van der Waals surface area contributed by atoms with E-state index >= 15 is 0 Å². The van der Waals surface area contributed by atoms with Crippen LogP contribution in [0.3, 0.4) is 0 Å². The van der Waals surface area contributed by atoms with E-state index < -0.39 is 0 Å². The summed E-state index contributed by atoms with van der Waals surface area (Å²) in [7, 11) is 0. The quantitative estimate of drug-likeness (QED) is 0.804. The zero-order chi connectivity index (χ0) is 16.2. The van der Waals surface area contributed by atoms with Crippen molar-refractivity contribution in [2.45, 2.75) is 31.5 Å².